The van der Waals surface area contributed by atoms with Crippen molar-refractivity contribution in [1.82, 2.24) is 5.32 Å². The summed E-state index contributed by atoms with van der Waals surface area (Å²) in [4.78, 5) is 39.2. The van der Waals surface area contributed by atoms with E-state index in [1.165, 1.54) is 13.2 Å². The number of hydrogen-bond acceptors (Lipinski definition) is 5. The van der Waals surface area contributed by atoms with Crippen LogP contribution in [-0.2, 0) is 9.59 Å². The van der Waals surface area contributed by atoms with Crippen molar-refractivity contribution in [3.8, 4) is 11.5 Å². The smallest absolute Gasteiger partial charge is 0.335 e. The number of carbonyl (C=O) groups excluding carboxylic acids is 3. The maximum atomic E-state index is 13.2. The van der Waals surface area contributed by atoms with Crippen LogP contribution in [0.5, 0.6) is 11.5 Å². The molecule has 0 bridgehead atoms. The normalized spacial score (nSPS) is 15.4. The highest BCUT2D eigenvalue weighted by Gasteiger charge is 2.37. The lowest BCUT2D eigenvalue weighted by Crippen LogP contribution is -2.54. The summed E-state index contributed by atoms with van der Waals surface area (Å²) in [6.45, 7) is 1.90. The van der Waals surface area contributed by atoms with Crippen molar-refractivity contribution >= 4 is 40.4 Å². The van der Waals surface area contributed by atoms with Gasteiger partial charge >= 0.3 is 6.03 Å². The first-order valence-corrected chi connectivity index (χ1v) is 9.56. The van der Waals surface area contributed by atoms with Crippen LogP contribution in [0.25, 0.3) is 16.8 Å². The van der Waals surface area contributed by atoms with Gasteiger partial charge in [-0.2, -0.15) is 0 Å². The molecule has 1 fully saturated rings. The predicted octanol–water partition coefficient (Wildman–Crippen LogP) is 3.83. The van der Waals surface area contributed by atoms with Gasteiger partial charge in [0.2, 0.25) is 0 Å². The zero-order valence-electron chi connectivity index (χ0n) is 17.3. The van der Waals surface area contributed by atoms with Crippen molar-refractivity contribution in [2.24, 2.45) is 0 Å². The largest absolute Gasteiger partial charge is 0.497 e. The lowest BCUT2D eigenvalue weighted by Gasteiger charge is -2.26. The molecule has 0 radical (unpaired) electrons. The molecule has 4 rings (SSSR count). The molecule has 0 atom stereocenters. The molecule has 0 aromatic heterocycles. The van der Waals surface area contributed by atoms with Gasteiger partial charge in [-0.1, -0.05) is 29.8 Å². The van der Waals surface area contributed by atoms with E-state index in [1.807, 2.05) is 25.1 Å². The molecule has 0 saturated carbocycles. The molecule has 1 saturated heterocycles. The summed E-state index contributed by atoms with van der Waals surface area (Å²) >= 11 is 0. The quantitative estimate of drug-likeness (QED) is 0.516. The Balaban J connectivity index is 1.88. The van der Waals surface area contributed by atoms with Gasteiger partial charge < -0.3 is 9.47 Å². The third-order valence-corrected chi connectivity index (χ3v) is 5.13. The average molecular weight is 416 g/mol. The van der Waals surface area contributed by atoms with Crippen LogP contribution in [0.2, 0.25) is 0 Å². The summed E-state index contributed by atoms with van der Waals surface area (Å²) in [5, 5.41) is 3.86. The molecule has 0 spiro atoms. The number of anilines is 1. The van der Waals surface area contributed by atoms with Crippen LogP contribution in [0.15, 0.2) is 60.2 Å². The van der Waals surface area contributed by atoms with Crippen molar-refractivity contribution in [2.45, 2.75) is 6.92 Å². The maximum Gasteiger partial charge on any atom is 0.335 e. The van der Waals surface area contributed by atoms with Gasteiger partial charge in [-0.15, -0.1) is 0 Å². The molecule has 7 nitrogen and oxygen atoms in total. The summed E-state index contributed by atoms with van der Waals surface area (Å²) < 4.78 is 10.8. The zero-order valence-corrected chi connectivity index (χ0v) is 17.3. The number of imide groups is 2. The summed E-state index contributed by atoms with van der Waals surface area (Å²) in [6.07, 6.45) is 1.45. The van der Waals surface area contributed by atoms with Crippen LogP contribution in [-0.4, -0.2) is 32.1 Å². The number of rotatable bonds is 4. The highest BCUT2D eigenvalue weighted by molar-refractivity contribution is 6.39. The number of barbiturate groups is 1. The Morgan fingerprint density at radius 1 is 0.903 bits per heavy atom. The number of methoxy groups -OCH3 is 2. The van der Waals surface area contributed by atoms with E-state index in [0.29, 0.717) is 22.7 Å². The van der Waals surface area contributed by atoms with E-state index in [1.54, 1.807) is 43.5 Å². The van der Waals surface area contributed by atoms with Crippen molar-refractivity contribution in [3.63, 3.8) is 0 Å². The van der Waals surface area contributed by atoms with Crippen molar-refractivity contribution in [2.75, 3.05) is 19.1 Å². The van der Waals surface area contributed by atoms with E-state index < -0.39 is 17.8 Å². The highest BCUT2D eigenvalue weighted by Crippen LogP contribution is 2.33. The standard InChI is InChI=1S/C24H20N2O5/c1-14-4-8-16(9-5-14)26-23(28)20(22(27)25-24(26)29)13-19-18-12-17(30-2)10-6-15(18)7-11-21(19)31-3/h4-13H,1-3H3,(H,25,27,29)/b20-13+. The highest BCUT2D eigenvalue weighted by atomic mass is 16.5. The predicted molar refractivity (Wildman–Crippen MR) is 117 cm³/mol. The molecular formula is C24H20N2O5. The number of ether oxygens (including phenoxy) is 2. The van der Waals surface area contributed by atoms with Gasteiger partial charge in [0.25, 0.3) is 11.8 Å². The molecule has 1 aliphatic heterocycles. The number of fused-ring (bicyclic) bond motifs is 1. The van der Waals surface area contributed by atoms with Gasteiger partial charge in [-0.3, -0.25) is 14.9 Å². The molecule has 1 aliphatic rings. The van der Waals surface area contributed by atoms with Gasteiger partial charge in [0, 0.05) is 5.56 Å². The lowest BCUT2D eigenvalue weighted by atomic mass is 9.99. The summed E-state index contributed by atoms with van der Waals surface area (Å²) in [7, 11) is 3.07. The molecule has 0 unspecified atom stereocenters. The van der Waals surface area contributed by atoms with E-state index in [4.69, 9.17) is 9.47 Å². The number of hydrogen-bond donors (Lipinski definition) is 1. The topological polar surface area (TPSA) is 84.9 Å². The van der Waals surface area contributed by atoms with Gasteiger partial charge in [-0.25, -0.2) is 9.69 Å². The third-order valence-electron chi connectivity index (χ3n) is 5.13. The van der Waals surface area contributed by atoms with Gasteiger partial charge in [-0.05, 0) is 54.1 Å². The Kier molecular flexibility index (Phi) is 5.17. The molecule has 156 valence electrons. The Morgan fingerprint density at radius 3 is 2.29 bits per heavy atom. The van der Waals surface area contributed by atoms with E-state index in [9.17, 15) is 14.4 Å². The van der Waals surface area contributed by atoms with Crippen LogP contribution in [0.1, 0.15) is 11.1 Å². The maximum absolute atomic E-state index is 13.2. The van der Waals surface area contributed by atoms with Crippen LogP contribution < -0.4 is 19.7 Å². The molecule has 31 heavy (non-hydrogen) atoms. The van der Waals surface area contributed by atoms with Crippen molar-refractivity contribution in [1.29, 1.82) is 0 Å². The van der Waals surface area contributed by atoms with E-state index >= 15 is 0 Å². The monoisotopic (exact) mass is 416 g/mol. The fraction of sp³-hybridized carbons (Fsp3) is 0.125. The Hall–Kier alpha value is -4.13. The summed E-state index contributed by atoms with van der Waals surface area (Å²) in [6, 6.07) is 15.2. The minimum absolute atomic E-state index is 0.172. The van der Waals surface area contributed by atoms with E-state index in [-0.39, 0.29) is 5.57 Å². The first kappa shape index (κ1) is 20.2. The first-order valence-electron chi connectivity index (χ1n) is 9.56. The second-order valence-corrected chi connectivity index (χ2v) is 7.06. The fourth-order valence-electron chi connectivity index (χ4n) is 3.49. The van der Waals surface area contributed by atoms with Gasteiger partial charge in [0.1, 0.15) is 17.1 Å². The second kappa shape index (κ2) is 7.95. The Bertz CT molecular complexity index is 1240. The lowest BCUT2D eigenvalue weighted by molar-refractivity contribution is -0.122. The molecule has 1 N–H and O–H groups in total. The van der Waals surface area contributed by atoms with Crippen LogP contribution in [0.4, 0.5) is 10.5 Å². The molecule has 3 aromatic carbocycles. The number of aryl methyl sites for hydroxylation is 1. The number of nitrogens with one attached hydrogen (secondary N) is 1. The molecule has 0 aliphatic carbocycles. The number of nitrogens with zero attached hydrogens (tertiary/aromatic N) is 1. The van der Waals surface area contributed by atoms with Crippen molar-refractivity contribution in [3.05, 3.63) is 71.3 Å². The molecule has 7 heteroatoms. The summed E-state index contributed by atoms with van der Waals surface area (Å²) in [5.74, 6) is -0.371. The first-order chi connectivity index (χ1) is 14.9. The number of benzene rings is 3. The Morgan fingerprint density at radius 2 is 1.61 bits per heavy atom. The molecule has 3 aromatic rings. The molecule has 4 amide bonds. The molecule has 1 heterocycles. The SMILES string of the molecule is COc1ccc2ccc(OC)c(/C=C3\C(=O)NC(=O)N(c4ccc(C)cc4)C3=O)c2c1. The minimum atomic E-state index is -0.789. The number of carbonyl (C=O) groups is 3. The second-order valence-electron chi connectivity index (χ2n) is 7.06. The number of urea groups is 1. The van der Waals surface area contributed by atoms with Crippen LogP contribution in [0.3, 0.4) is 0 Å². The third kappa shape index (κ3) is 3.61. The minimum Gasteiger partial charge on any atom is -0.497 e. The average Bonchev–Trinajstić information content (AvgIpc) is 2.77. The number of amides is 4. The van der Waals surface area contributed by atoms with E-state index in [2.05, 4.69) is 5.32 Å². The fourth-order valence-corrected chi connectivity index (χ4v) is 3.49. The summed E-state index contributed by atoms with van der Waals surface area (Å²) in [5.41, 5.74) is 1.72. The van der Waals surface area contributed by atoms with Crippen molar-refractivity contribution < 1.29 is 23.9 Å². The van der Waals surface area contributed by atoms with Crippen LogP contribution >= 0.6 is 0 Å². The Labute approximate surface area is 178 Å². The zero-order chi connectivity index (χ0) is 22.1. The van der Waals surface area contributed by atoms with Gasteiger partial charge in [0.05, 0.1) is 19.9 Å². The van der Waals surface area contributed by atoms with Gasteiger partial charge in [0.15, 0.2) is 0 Å². The van der Waals surface area contributed by atoms with Crippen LogP contribution in [0, 0.1) is 6.92 Å². The van der Waals surface area contributed by atoms with E-state index in [0.717, 1.165) is 21.2 Å². The molecular weight excluding hydrogens is 396 g/mol.